The lowest BCUT2D eigenvalue weighted by molar-refractivity contribution is 0.372. The number of benzene rings is 1. The number of hydrogen-bond donors (Lipinski definition) is 2. The molecule has 2 N–H and O–H groups in total. The zero-order valence-corrected chi connectivity index (χ0v) is 17.2. The predicted molar refractivity (Wildman–Crippen MR) is 111 cm³/mol. The maximum Gasteiger partial charge on any atom is 0.191 e. The van der Waals surface area contributed by atoms with Crippen molar-refractivity contribution in [3.63, 3.8) is 0 Å². The molecule has 8 heteroatoms. The normalized spacial score (nSPS) is 11.9. The van der Waals surface area contributed by atoms with Crippen molar-refractivity contribution >= 4 is 5.96 Å². The van der Waals surface area contributed by atoms with Gasteiger partial charge in [-0.05, 0) is 37.5 Å². The number of nitrogens with one attached hydrogen (secondary N) is 2. The van der Waals surface area contributed by atoms with E-state index in [2.05, 4.69) is 39.6 Å². The average Bonchev–Trinajstić information content (AvgIpc) is 3.33. The number of aliphatic imine (C=N–C) groups is 1. The van der Waals surface area contributed by atoms with E-state index in [0.717, 1.165) is 22.8 Å². The van der Waals surface area contributed by atoms with Gasteiger partial charge in [-0.25, -0.2) is 14.4 Å². The summed E-state index contributed by atoms with van der Waals surface area (Å²) in [5, 5.41) is 10.4. The summed E-state index contributed by atoms with van der Waals surface area (Å²) in [5.41, 5.74) is 2.18. The van der Waals surface area contributed by atoms with Gasteiger partial charge in [0.2, 0.25) is 0 Å². The van der Waals surface area contributed by atoms with Crippen molar-refractivity contribution in [2.24, 2.45) is 4.99 Å². The molecular weight excluding hydrogens is 371 g/mol. The Kier molecular flexibility index (Phi) is 6.64. The molecule has 0 saturated carbocycles. The monoisotopic (exact) mass is 398 g/mol. The molecule has 0 spiro atoms. The Morgan fingerprint density at radius 2 is 2.10 bits per heavy atom. The standard InChI is InChI=1S/C21H27FN6O/c1-5-23-21(26-13-17-11-19(14(2)3)27-29-17)25-12-16-6-7-20(18(22)10-16)28-9-8-24-15(28)4/h6-11,14H,5,12-13H2,1-4H3,(H2,23,25,26). The lowest BCUT2D eigenvalue weighted by Gasteiger charge is -2.11. The molecule has 0 unspecified atom stereocenters. The molecule has 29 heavy (non-hydrogen) atoms. The molecule has 0 fully saturated rings. The van der Waals surface area contributed by atoms with Gasteiger partial charge in [0.1, 0.15) is 11.6 Å². The third-order valence-electron chi connectivity index (χ3n) is 4.46. The van der Waals surface area contributed by atoms with Crippen LogP contribution >= 0.6 is 0 Å². The van der Waals surface area contributed by atoms with Crippen molar-refractivity contribution in [1.29, 1.82) is 0 Å². The topological polar surface area (TPSA) is 80.3 Å². The zero-order chi connectivity index (χ0) is 20.8. The Morgan fingerprint density at radius 1 is 1.28 bits per heavy atom. The lowest BCUT2D eigenvalue weighted by atomic mass is 10.1. The number of guanidine groups is 1. The van der Waals surface area contributed by atoms with Gasteiger partial charge >= 0.3 is 0 Å². The Morgan fingerprint density at radius 3 is 2.72 bits per heavy atom. The fraction of sp³-hybridized carbons (Fsp3) is 0.381. The number of imidazole rings is 1. The van der Waals surface area contributed by atoms with Gasteiger partial charge in [0.15, 0.2) is 11.7 Å². The van der Waals surface area contributed by atoms with Crippen molar-refractivity contribution in [2.45, 2.75) is 46.7 Å². The maximum atomic E-state index is 14.6. The molecule has 3 rings (SSSR count). The van der Waals surface area contributed by atoms with Crippen LogP contribution in [0, 0.1) is 12.7 Å². The summed E-state index contributed by atoms with van der Waals surface area (Å²) in [6, 6.07) is 7.06. The first kappa shape index (κ1) is 20.6. The molecule has 7 nitrogen and oxygen atoms in total. The second-order valence-electron chi connectivity index (χ2n) is 7.05. The summed E-state index contributed by atoms with van der Waals surface area (Å²) in [5.74, 6) is 2.12. The third kappa shape index (κ3) is 5.22. The first-order chi connectivity index (χ1) is 14.0. The maximum absolute atomic E-state index is 14.6. The van der Waals surface area contributed by atoms with E-state index in [9.17, 15) is 4.39 Å². The molecule has 3 aromatic rings. The Bertz CT molecular complexity index is 975. The Labute approximate surface area is 170 Å². The smallest absolute Gasteiger partial charge is 0.191 e. The van der Waals surface area contributed by atoms with Crippen LogP contribution in [-0.2, 0) is 13.1 Å². The van der Waals surface area contributed by atoms with E-state index < -0.39 is 0 Å². The fourth-order valence-corrected chi connectivity index (χ4v) is 2.84. The summed E-state index contributed by atoms with van der Waals surface area (Å²) in [7, 11) is 0. The summed E-state index contributed by atoms with van der Waals surface area (Å²) >= 11 is 0. The van der Waals surface area contributed by atoms with Crippen LogP contribution in [0.4, 0.5) is 4.39 Å². The van der Waals surface area contributed by atoms with Crippen LogP contribution in [0.5, 0.6) is 0 Å². The summed E-state index contributed by atoms with van der Waals surface area (Å²) in [6.45, 7) is 9.50. The van der Waals surface area contributed by atoms with Crippen LogP contribution in [0.25, 0.3) is 5.69 Å². The van der Waals surface area contributed by atoms with Crippen LogP contribution in [0.15, 0.2) is 46.2 Å². The van der Waals surface area contributed by atoms with Crippen LogP contribution in [0.3, 0.4) is 0 Å². The molecule has 0 aliphatic rings. The molecule has 0 bridgehead atoms. The molecule has 0 radical (unpaired) electrons. The summed E-state index contributed by atoms with van der Waals surface area (Å²) < 4.78 is 21.6. The van der Waals surface area contributed by atoms with E-state index in [-0.39, 0.29) is 5.82 Å². The first-order valence-corrected chi connectivity index (χ1v) is 9.74. The fourth-order valence-electron chi connectivity index (χ4n) is 2.84. The molecule has 1 aromatic carbocycles. The van der Waals surface area contributed by atoms with Gasteiger partial charge < -0.3 is 19.7 Å². The molecule has 2 aromatic heterocycles. The lowest BCUT2D eigenvalue weighted by Crippen LogP contribution is -2.36. The highest BCUT2D eigenvalue weighted by Crippen LogP contribution is 2.17. The zero-order valence-electron chi connectivity index (χ0n) is 17.2. The molecule has 0 aliphatic carbocycles. The molecule has 2 heterocycles. The van der Waals surface area contributed by atoms with Crippen LogP contribution in [-0.4, -0.2) is 27.2 Å². The van der Waals surface area contributed by atoms with Gasteiger partial charge in [-0.3, -0.25) is 0 Å². The van der Waals surface area contributed by atoms with E-state index in [4.69, 9.17) is 4.52 Å². The number of aryl methyl sites for hydroxylation is 1. The number of rotatable bonds is 7. The molecular formula is C21H27FN6O. The van der Waals surface area contributed by atoms with E-state index in [0.29, 0.717) is 37.2 Å². The third-order valence-corrected chi connectivity index (χ3v) is 4.46. The number of hydrogen-bond acceptors (Lipinski definition) is 4. The highest BCUT2D eigenvalue weighted by atomic mass is 19.1. The van der Waals surface area contributed by atoms with Crippen LogP contribution in [0.2, 0.25) is 0 Å². The summed E-state index contributed by atoms with van der Waals surface area (Å²) in [4.78, 5) is 8.68. The van der Waals surface area contributed by atoms with E-state index in [1.54, 1.807) is 23.0 Å². The molecule has 0 atom stereocenters. The van der Waals surface area contributed by atoms with Crippen molar-refractivity contribution < 1.29 is 8.91 Å². The van der Waals surface area contributed by atoms with Crippen molar-refractivity contribution in [2.75, 3.05) is 6.54 Å². The van der Waals surface area contributed by atoms with Crippen molar-refractivity contribution in [1.82, 2.24) is 25.3 Å². The Hall–Kier alpha value is -3.16. The van der Waals surface area contributed by atoms with Gasteiger partial charge in [-0.1, -0.05) is 25.1 Å². The highest BCUT2D eigenvalue weighted by molar-refractivity contribution is 5.79. The molecule has 0 amide bonds. The van der Waals surface area contributed by atoms with E-state index >= 15 is 0 Å². The first-order valence-electron chi connectivity index (χ1n) is 9.74. The quantitative estimate of drug-likeness (QED) is 0.469. The molecule has 154 valence electrons. The number of nitrogens with zero attached hydrogens (tertiary/aromatic N) is 4. The van der Waals surface area contributed by atoms with E-state index in [1.807, 2.05) is 26.0 Å². The predicted octanol–water partition coefficient (Wildman–Crippen LogP) is 3.69. The SMILES string of the molecule is CCNC(=NCc1ccc(-n2ccnc2C)c(F)c1)NCc1cc(C(C)C)no1. The number of halogens is 1. The minimum Gasteiger partial charge on any atom is -0.359 e. The molecule has 0 aliphatic heterocycles. The minimum atomic E-state index is -0.306. The molecule has 0 saturated heterocycles. The minimum absolute atomic E-state index is 0.306. The van der Waals surface area contributed by atoms with Crippen molar-refractivity contribution in [3.05, 3.63) is 65.3 Å². The average molecular weight is 398 g/mol. The highest BCUT2D eigenvalue weighted by Gasteiger charge is 2.10. The van der Waals surface area contributed by atoms with Crippen LogP contribution < -0.4 is 10.6 Å². The van der Waals surface area contributed by atoms with Gasteiger partial charge in [-0.2, -0.15) is 0 Å². The largest absolute Gasteiger partial charge is 0.359 e. The van der Waals surface area contributed by atoms with E-state index in [1.165, 1.54) is 6.07 Å². The van der Waals surface area contributed by atoms with Gasteiger partial charge in [0, 0.05) is 25.0 Å². The van der Waals surface area contributed by atoms with Gasteiger partial charge in [0.25, 0.3) is 0 Å². The van der Waals surface area contributed by atoms with Gasteiger partial charge in [0.05, 0.1) is 24.5 Å². The second kappa shape index (κ2) is 9.36. The van der Waals surface area contributed by atoms with Crippen LogP contribution in [0.1, 0.15) is 49.5 Å². The summed E-state index contributed by atoms with van der Waals surface area (Å²) in [6.07, 6.45) is 3.40. The number of aromatic nitrogens is 3. The Balaban J connectivity index is 1.66. The second-order valence-corrected chi connectivity index (χ2v) is 7.05. The van der Waals surface area contributed by atoms with Crippen molar-refractivity contribution in [3.8, 4) is 5.69 Å². The van der Waals surface area contributed by atoms with Gasteiger partial charge in [-0.15, -0.1) is 0 Å².